The molecule has 1 unspecified atom stereocenters. The summed E-state index contributed by atoms with van der Waals surface area (Å²) in [6.45, 7) is 0. The monoisotopic (exact) mass is 169 g/mol. The molecule has 0 aliphatic heterocycles. The Bertz CT molecular complexity index is 177. The average molecular weight is 169 g/mol. The Morgan fingerprint density at radius 2 is 2.25 bits per heavy atom. The van der Waals surface area contributed by atoms with Crippen molar-refractivity contribution < 1.29 is 9.90 Å². The van der Waals surface area contributed by atoms with E-state index < -0.39 is 6.09 Å². The molecule has 1 aliphatic rings. The molecule has 0 bridgehead atoms. The van der Waals surface area contributed by atoms with Gasteiger partial charge in [0.2, 0.25) is 0 Å². The van der Waals surface area contributed by atoms with Crippen LogP contribution in [0.2, 0.25) is 0 Å². The van der Waals surface area contributed by atoms with Crippen molar-refractivity contribution in [1.29, 1.82) is 0 Å². The lowest BCUT2D eigenvalue weighted by atomic mass is 10.0. The number of nitrogens with one attached hydrogen (secondary N) is 1. The second-order valence-electron chi connectivity index (χ2n) is 3.12. The molecule has 68 valence electrons. The fourth-order valence-electron chi connectivity index (χ4n) is 1.44. The predicted octanol–water partition coefficient (Wildman–Crippen LogP) is 2.14. The highest BCUT2D eigenvalue weighted by Gasteiger charge is 2.08. The number of carboxylic acid groups (broad SMARTS) is 1. The fraction of sp³-hybridized carbons (Fsp3) is 0.667. The van der Waals surface area contributed by atoms with Gasteiger partial charge in [-0.15, -0.1) is 0 Å². The van der Waals surface area contributed by atoms with Gasteiger partial charge in [0, 0.05) is 0 Å². The van der Waals surface area contributed by atoms with Gasteiger partial charge in [-0.05, 0) is 19.3 Å². The second-order valence-corrected chi connectivity index (χ2v) is 3.12. The van der Waals surface area contributed by atoms with Gasteiger partial charge in [0.15, 0.2) is 0 Å². The summed E-state index contributed by atoms with van der Waals surface area (Å²) >= 11 is 0. The molecule has 12 heavy (non-hydrogen) atoms. The van der Waals surface area contributed by atoms with Crippen LogP contribution in [0.1, 0.15) is 32.1 Å². The molecule has 1 amide bonds. The van der Waals surface area contributed by atoms with Crippen LogP contribution in [0.25, 0.3) is 0 Å². The summed E-state index contributed by atoms with van der Waals surface area (Å²) in [5.41, 5.74) is 0. The molecule has 3 nitrogen and oxygen atoms in total. The smallest absolute Gasteiger partial charge is 0.405 e. The van der Waals surface area contributed by atoms with Gasteiger partial charge in [-0.1, -0.05) is 25.0 Å². The first-order chi connectivity index (χ1) is 5.79. The number of amides is 1. The van der Waals surface area contributed by atoms with E-state index in [4.69, 9.17) is 5.11 Å². The standard InChI is InChI=1S/C9H15NO2/c11-9(12)10-8-6-4-2-1-3-5-7-8/h4,6,8,10H,1-3,5,7H2,(H,11,12)/b6-4+. The van der Waals surface area contributed by atoms with Crippen molar-refractivity contribution >= 4 is 6.09 Å². The van der Waals surface area contributed by atoms with E-state index in [1.807, 2.05) is 6.08 Å². The summed E-state index contributed by atoms with van der Waals surface area (Å²) in [5, 5.41) is 11.0. The zero-order chi connectivity index (χ0) is 8.81. The predicted molar refractivity (Wildman–Crippen MR) is 47.2 cm³/mol. The maximum Gasteiger partial charge on any atom is 0.405 e. The van der Waals surface area contributed by atoms with Crippen LogP contribution in [0.15, 0.2) is 12.2 Å². The second kappa shape index (κ2) is 4.80. The van der Waals surface area contributed by atoms with E-state index in [-0.39, 0.29) is 6.04 Å². The van der Waals surface area contributed by atoms with Crippen molar-refractivity contribution in [2.45, 2.75) is 38.1 Å². The molecule has 0 aromatic rings. The topological polar surface area (TPSA) is 49.3 Å². The lowest BCUT2D eigenvalue weighted by Gasteiger charge is -2.14. The Balaban J connectivity index is 2.38. The van der Waals surface area contributed by atoms with E-state index in [2.05, 4.69) is 11.4 Å². The van der Waals surface area contributed by atoms with E-state index >= 15 is 0 Å². The van der Waals surface area contributed by atoms with Crippen LogP contribution >= 0.6 is 0 Å². The quantitative estimate of drug-likeness (QED) is 0.591. The lowest BCUT2D eigenvalue weighted by molar-refractivity contribution is 0.191. The highest BCUT2D eigenvalue weighted by Crippen LogP contribution is 2.11. The Hall–Kier alpha value is -0.990. The van der Waals surface area contributed by atoms with Gasteiger partial charge in [0.1, 0.15) is 0 Å². The van der Waals surface area contributed by atoms with Gasteiger partial charge < -0.3 is 10.4 Å². The molecule has 0 spiro atoms. The van der Waals surface area contributed by atoms with E-state index in [9.17, 15) is 4.79 Å². The van der Waals surface area contributed by atoms with Crippen LogP contribution in [-0.4, -0.2) is 17.2 Å². The first-order valence-electron chi connectivity index (χ1n) is 4.45. The molecule has 0 radical (unpaired) electrons. The maximum atomic E-state index is 10.3. The highest BCUT2D eigenvalue weighted by atomic mass is 16.4. The van der Waals surface area contributed by atoms with E-state index in [1.165, 1.54) is 12.8 Å². The molecule has 1 aliphatic carbocycles. The van der Waals surface area contributed by atoms with E-state index in [0.717, 1.165) is 19.3 Å². The number of rotatable bonds is 1. The first kappa shape index (κ1) is 9.10. The molecule has 1 rings (SSSR count). The molecule has 0 aromatic carbocycles. The molecule has 0 fully saturated rings. The summed E-state index contributed by atoms with van der Waals surface area (Å²) < 4.78 is 0. The van der Waals surface area contributed by atoms with Crippen molar-refractivity contribution in [2.75, 3.05) is 0 Å². The molecule has 0 saturated heterocycles. The zero-order valence-corrected chi connectivity index (χ0v) is 7.12. The van der Waals surface area contributed by atoms with Crippen molar-refractivity contribution in [3.63, 3.8) is 0 Å². The lowest BCUT2D eigenvalue weighted by Crippen LogP contribution is -2.32. The maximum absolute atomic E-state index is 10.3. The van der Waals surface area contributed by atoms with Gasteiger partial charge in [-0.3, -0.25) is 0 Å². The number of carbonyl (C=O) groups is 1. The van der Waals surface area contributed by atoms with Crippen molar-refractivity contribution in [2.24, 2.45) is 0 Å². The van der Waals surface area contributed by atoms with E-state index in [1.54, 1.807) is 0 Å². The molecule has 0 saturated carbocycles. The van der Waals surface area contributed by atoms with Crippen LogP contribution in [0, 0.1) is 0 Å². The van der Waals surface area contributed by atoms with Crippen LogP contribution in [0.3, 0.4) is 0 Å². The van der Waals surface area contributed by atoms with Gasteiger partial charge in [0.25, 0.3) is 0 Å². The van der Waals surface area contributed by atoms with Gasteiger partial charge in [-0.25, -0.2) is 4.79 Å². The SMILES string of the molecule is O=C(O)NC1/C=C/CCCCC1. The molecular weight excluding hydrogens is 154 g/mol. The van der Waals surface area contributed by atoms with Crippen LogP contribution < -0.4 is 5.32 Å². The van der Waals surface area contributed by atoms with Crippen molar-refractivity contribution in [3.05, 3.63) is 12.2 Å². The summed E-state index contributed by atoms with van der Waals surface area (Å²) in [4.78, 5) is 10.3. The summed E-state index contributed by atoms with van der Waals surface area (Å²) in [6, 6.07) is 0.0304. The van der Waals surface area contributed by atoms with Gasteiger partial charge in [0.05, 0.1) is 6.04 Å². The molecule has 1 atom stereocenters. The van der Waals surface area contributed by atoms with Crippen molar-refractivity contribution in [1.82, 2.24) is 5.32 Å². The molecular formula is C9H15NO2. The summed E-state index contributed by atoms with van der Waals surface area (Å²) in [5.74, 6) is 0. The minimum atomic E-state index is -0.926. The highest BCUT2D eigenvalue weighted by molar-refractivity contribution is 5.65. The average Bonchev–Trinajstić information content (AvgIpc) is 1.93. The molecule has 0 heterocycles. The Morgan fingerprint density at radius 3 is 3.00 bits per heavy atom. The fourth-order valence-corrected chi connectivity index (χ4v) is 1.44. The minimum absolute atomic E-state index is 0.0304. The Morgan fingerprint density at radius 1 is 1.42 bits per heavy atom. The summed E-state index contributed by atoms with van der Waals surface area (Å²) in [6.07, 6.45) is 8.69. The van der Waals surface area contributed by atoms with Crippen LogP contribution in [-0.2, 0) is 0 Å². The first-order valence-corrected chi connectivity index (χ1v) is 4.45. The number of allylic oxidation sites excluding steroid dienone is 1. The normalized spacial score (nSPS) is 26.8. The molecule has 0 aromatic heterocycles. The summed E-state index contributed by atoms with van der Waals surface area (Å²) in [7, 11) is 0. The largest absolute Gasteiger partial charge is 0.465 e. The van der Waals surface area contributed by atoms with Gasteiger partial charge >= 0.3 is 6.09 Å². The van der Waals surface area contributed by atoms with Crippen LogP contribution in [0.5, 0.6) is 0 Å². The zero-order valence-electron chi connectivity index (χ0n) is 7.12. The third kappa shape index (κ3) is 3.42. The molecule has 3 heteroatoms. The van der Waals surface area contributed by atoms with E-state index in [0.29, 0.717) is 0 Å². The Labute approximate surface area is 72.5 Å². The Kier molecular flexibility index (Phi) is 3.64. The minimum Gasteiger partial charge on any atom is -0.465 e. The number of hydrogen-bond donors (Lipinski definition) is 2. The number of hydrogen-bond acceptors (Lipinski definition) is 1. The third-order valence-corrected chi connectivity index (χ3v) is 2.06. The van der Waals surface area contributed by atoms with Gasteiger partial charge in [-0.2, -0.15) is 0 Å². The van der Waals surface area contributed by atoms with Crippen LogP contribution in [0.4, 0.5) is 4.79 Å². The third-order valence-electron chi connectivity index (χ3n) is 2.06. The van der Waals surface area contributed by atoms with Crippen molar-refractivity contribution in [3.8, 4) is 0 Å². The molecule has 2 N–H and O–H groups in total.